The number of benzene rings is 1. The van der Waals surface area contributed by atoms with Crippen LogP contribution in [0.15, 0.2) is 47.1 Å². The lowest BCUT2D eigenvalue weighted by atomic mass is 9.90. The molecule has 0 spiro atoms. The van der Waals surface area contributed by atoms with Gasteiger partial charge in [-0.05, 0) is 35.8 Å². The van der Waals surface area contributed by atoms with E-state index in [1.54, 1.807) is 30.1 Å². The van der Waals surface area contributed by atoms with Gasteiger partial charge < -0.3 is 9.80 Å². The normalized spacial score (nSPS) is 18.5. The van der Waals surface area contributed by atoms with E-state index in [1.165, 1.54) is 0 Å². The summed E-state index contributed by atoms with van der Waals surface area (Å²) in [6.07, 6.45) is 8.71. The molecule has 0 saturated carbocycles. The standard InChI is InChI=1S/C21H25N3O2/c1-4-5-6-12-24-14-18(17-10-11-22-19(17)21(24)26)15-8-7-9-16(13-15)20(25)23(2)3/h7-11,13-14,19H,4-6,12H2,1-3H3. The third-order valence-corrected chi connectivity index (χ3v) is 4.73. The van der Waals surface area contributed by atoms with Crippen molar-refractivity contribution in [3.8, 4) is 0 Å². The highest BCUT2D eigenvalue weighted by atomic mass is 16.2. The first-order valence-electron chi connectivity index (χ1n) is 9.11. The topological polar surface area (TPSA) is 53.0 Å². The van der Waals surface area contributed by atoms with Crippen molar-refractivity contribution >= 4 is 23.6 Å². The quantitative estimate of drug-likeness (QED) is 0.739. The molecular weight excluding hydrogens is 326 g/mol. The van der Waals surface area contributed by atoms with Crippen LogP contribution >= 0.6 is 0 Å². The zero-order valence-electron chi connectivity index (χ0n) is 15.6. The number of allylic oxidation sites excluding steroid dienone is 1. The third-order valence-electron chi connectivity index (χ3n) is 4.73. The second-order valence-corrected chi connectivity index (χ2v) is 6.88. The Labute approximate surface area is 154 Å². The molecule has 2 amide bonds. The molecule has 1 unspecified atom stereocenters. The summed E-state index contributed by atoms with van der Waals surface area (Å²) in [7, 11) is 3.48. The van der Waals surface area contributed by atoms with Gasteiger partial charge in [-0.25, -0.2) is 0 Å². The Hall–Kier alpha value is -2.69. The van der Waals surface area contributed by atoms with Gasteiger partial charge in [0.2, 0.25) is 0 Å². The van der Waals surface area contributed by atoms with Crippen molar-refractivity contribution in [2.75, 3.05) is 20.6 Å². The molecule has 3 rings (SSSR count). The molecule has 0 aromatic heterocycles. The first kappa shape index (κ1) is 18.1. The molecule has 2 aliphatic rings. The van der Waals surface area contributed by atoms with E-state index in [1.807, 2.05) is 36.5 Å². The fourth-order valence-corrected chi connectivity index (χ4v) is 3.29. The number of hydrogen-bond acceptors (Lipinski definition) is 3. The molecule has 1 aromatic carbocycles. The first-order valence-corrected chi connectivity index (χ1v) is 9.11. The van der Waals surface area contributed by atoms with Crippen LogP contribution in [0.2, 0.25) is 0 Å². The predicted molar refractivity (Wildman–Crippen MR) is 104 cm³/mol. The SMILES string of the molecule is CCCCCN1C=C(c2cccc(C(=O)N(C)C)c2)C2=CC=NC2C1=O. The minimum atomic E-state index is -0.454. The van der Waals surface area contributed by atoms with Crippen LogP contribution < -0.4 is 0 Å². The molecule has 136 valence electrons. The number of nitrogens with zero attached hydrogens (tertiary/aromatic N) is 3. The van der Waals surface area contributed by atoms with Crippen LogP contribution in [0.1, 0.15) is 42.1 Å². The van der Waals surface area contributed by atoms with Gasteiger partial charge >= 0.3 is 0 Å². The number of hydrogen-bond donors (Lipinski definition) is 0. The second kappa shape index (κ2) is 7.68. The Morgan fingerprint density at radius 3 is 2.81 bits per heavy atom. The van der Waals surface area contributed by atoms with Crippen LogP contribution in [-0.2, 0) is 4.79 Å². The summed E-state index contributed by atoms with van der Waals surface area (Å²) in [5.41, 5.74) is 3.46. The van der Waals surface area contributed by atoms with E-state index in [0.29, 0.717) is 12.1 Å². The second-order valence-electron chi connectivity index (χ2n) is 6.88. The molecule has 0 radical (unpaired) electrons. The Morgan fingerprint density at radius 2 is 2.08 bits per heavy atom. The Morgan fingerprint density at radius 1 is 1.27 bits per heavy atom. The van der Waals surface area contributed by atoms with Gasteiger partial charge in [0.05, 0.1) is 0 Å². The fraction of sp³-hybridized carbons (Fsp3) is 0.381. The summed E-state index contributed by atoms with van der Waals surface area (Å²) in [4.78, 5) is 32.7. The zero-order chi connectivity index (χ0) is 18.7. The van der Waals surface area contributed by atoms with Gasteiger partial charge in [-0.1, -0.05) is 31.9 Å². The van der Waals surface area contributed by atoms with Crippen LogP contribution in [0, 0.1) is 0 Å². The van der Waals surface area contributed by atoms with Gasteiger partial charge in [-0.3, -0.25) is 14.6 Å². The lowest BCUT2D eigenvalue weighted by molar-refractivity contribution is -0.129. The van der Waals surface area contributed by atoms with E-state index in [4.69, 9.17) is 0 Å². The molecule has 0 N–H and O–H groups in total. The molecule has 0 fully saturated rings. The maximum absolute atomic E-state index is 12.7. The van der Waals surface area contributed by atoms with Gasteiger partial charge in [-0.15, -0.1) is 0 Å². The Bertz CT molecular complexity index is 805. The molecular formula is C21H25N3O2. The average molecular weight is 351 g/mol. The maximum atomic E-state index is 12.7. The molecule has 1 atom stereocenters. The van der Waals surface area contributed by atoms with E-state index in [2.05, 4.69) is 11.9 Å². The fourth-order valence-electron chi connectivity index (χ4n) is 3.29. The van der Waals surface area contributed by atoms with E-state index < -0.39 is 6.04 Å². The highest BCUT2D eigenvalue weighted by Crippen LogP contribution is 2.35. The van der Waals surface area contributed by atoms with Crippen LogP contribution in [0.25, 0.3) is 5.57 Å². The van der Waals surface area contributed by atoms with Gasteiger partial charge in [0.1, 0.15) is 0 Å². The van der Waals surface area contributed by atoms with Gasteiger partial charge in [0.15, 0.2) is 6.04 Å². The Balaban J connectivity index is 1.96. The monoisotopic (exact) mass is 351 g/mol. The van der Waals surface area contributed by atoms with Gasteiger partial charge in [0, 0.05) is 44.2 Å². The first-order chi connectivity index (χ1) is 12.5. The minimum absolute atomic E-state index is 0.0328. The number of carbonyl (C=O) groups is 2. The van der Waals surface area contributed by atoms with Crippen LogP contribution in [0.5, 0.6) is 0 Å². The summed E-state index contributed by atoms with van der Waals surface area (Å²) < 4.78 is 0. The molecule has 0 saturated heterocycles. The van der Waals surface area contributed by atoms with E-state index >= 15 is 0 Å². The van der Waals surface area contributed by atoms with Gasteiger partial charge in [-0.2, -0.15) is 0 Å². The lowest BCUT2D eigenvalue weighted by Gasteiger charge is -2.30. The summed E-state index contributed by atoms with van der Waals surface area (Å²) in [6, 6.07) is 7.12. The average Bonchev–Trinajstić information content (AvgIpc) is 3.13. The zero-order valence-corrected chi connectivity index (χ0v) is 15.6. The summed E-state index contributed by atoms with van der Waals surface area (Å²) in [6.45, 7) is 2.85. The number of carbonyl (C=O) groups excluding carboxylic acids is 2. The predicted octanol–water partition coefficient (Wildman–Crippen LogP) is 3.14. The van der Waals surface area contributed by atoms with E-state index in [9.17, 15) is 9.59 Å². The van der Waals surface area contributed by atoms with Crippen LogP contribution in [0.4, 0.5) is 0 Å². The van der Waals surface area contributed by atoms with Crippen molar-refractivity contribution in [3.05, 3.63) is 53.2 Å². The van der Waals surface area contributed by atoms with Crippen molar-refractivity contribution < 1.29 is 9.59 Å². The summed E-state index contributed by atoms with van der Waals surface area (Å²) in [5, 5.41) is 0. The third kappa shape index (κ3) is 3.47. The number of unbranched alkanes of at least 4 members (excludes halogenated alkanes) is 2. The molecule has 26 heavy (non-hydrogen) atoms. The van der Waals surface area contributed by atoms with Crippen LogP contribution in [-0.4, -0.2) is 54.5 Å². The number of amides is 2. The van der Waals surface area contributed by atoms with Crippen molar-refractivity contribution in [1.29, 1.82) is 0 Å². The minimum Gasteiger partial charge on any atom is -0.345 e. The highest BCUT2D eigenvalue weighted by Gasteiger charge is 2.35. The number of rotatable bonds is 6. The summed E-state index contributed by atoms with van der Waals surface area (Å²) in [5.74, 6) is -0.00212. The molecule has 1 aromatic rings. The lowest BCUT2D eigenvalue weighted by Crippen LogP contribution is -2.39. The van der Waals surface area contributed by atoms with E-state index in [-0.39, 0.29) is 11.8 Å². The molecule has 2 heterocycles. The Kier molecular flexibility index (Phi) is 5.35. The van der Waals surface area contributed by atoms with Crippen molar-refractivity contribution in [2.24, 2.45) is 4.99 Å². The van der Waals surface area contributed by atoms with Crippen LogP contribution in [0.3, 0.4) is 0 Å². The van der Waals surface area contributed by atoms with Gasteiger partial charge in [0.25, 0.3) is 11.8 Å². The number of fused-ring (bicyclic) bond motifs is 1. The molecule has 2 aliphatic heterocycles. The molecule has 5 nitrogen and oxygen atoms in total. The van der Waals surface area contributed by atoms with E-state index in [0.717, 1.165) is 36.0 Å². The summed E-state index contributed by atoms with van der Waals surface area (Å²) >= 11 is 0. The number of aliphatic imine (C=N–C) groups is 1. The molecule has 0 bridgehead atoms. The van der Waals surface area contributed by atoms with Crippen molar-refractivity contribution in [3.63, 3.8) is 0 Å². The molecule has 0 aliphatic carbocycles. The maximum Gasteiger partial charge on any atom is 0.255 e. The highest BCUT2D eigenvalue weighted by molar-refractivity contribution is 6.04. The van der Waals surface area contributed by atoms with Crippen molar-refractivity contribution in [2.45, 2.75) is 32.2 Å². The van der Waals surface area contributed by atoms with Crippen molar-refractivity contribution in [1.82, 2.24) is 9.80 Å². The smallest absolute Gasteiger partial charge is 0.255 e. The largest absolute Gasteiger partial charge is 0.345 e. The molecule has 5 heteroatoms.